The van der Waals surface area contributed by atoms with E-state index in [1.165, 1.54) is 0 Å². The van der Waals surface area contributed by atoms with Crippen molar-refractivity contribution in [1.29, 1.82) is 5.26 Å². The zero-order valence-corrected chi connectivity index (χ0v) is 6.64. The summed E-state index contributed by atoms with van der Waals surface area (Å²) in [5.41, 5.74) is 0. The van der Waals surface area contributed by atoms with Crippen molar-refractivity contribution in [2.45, 2.75) is 18.9 Å². The fraction of sp³-hybridized carbons (Fsp3) is 0.857. The Hall–Kier alpha value is -0.260. The molecule has 2 nitrogen and oxygen atoms in total. The second kappa shape index (κ2) is 3.80. The molecule has 1 fully saturated rings. The fourth-order valence-electron chi connectivity index (χ4n) is 1.35. The van der Waals surface area contributed by atoms with Gasteiger partial charge in [0.1, 0.15) is 0 Å². The molecule has 0 spiro atoms. The van der Waals surface area contributed by atoms with Crippen molar-refractivity contribution < 1.29 is 0 Å². The summed E-state index contributed by atoms with van der Waals surface area (Å²) in [5, 5.41) is 8.63. The molecular weight excluding hydrogens is 148 g/mol. The first kappa shape index (κ1) is 7.84. The van der Waals surface area contributed by atoms with Crippen molar-refractivity contribution in [3.8, 4) is 6.07 Å². The lowest BCUT2D eigenvalue weighted by molar-refractivity contribution is 0.313. The van der Waals surface area contributed by atoms with Gasteiger partial charge < -0.3 is 0 Å². The molecule has 3 heteroatoms. The Balaban J connectivity index is 2.36. The molecule has 0 N–H and O–H groups in total. The highest BCUT2D eigenvalue weighted by molar-refractivity contribution is 6.18. The van der Waals surface area contributed by atoms with Crippen LogP contribution in [-0.4, -0.2) is 29.9 Å². The number of hydrogen-bond donors (Lipinski definition) is 0. The Bertz CT molecular complexity index is 141. The van der Waals surface area contributed by atoms with Gasteiger partial charge in [0, 0.05) is 12.4 Å². The molecular formula is C7H11ClN2. The second-order valence-corrected chi connectivity index (χ2v) is 2.89. The van der Waals surface area contributed by atoms with Crippen LogP contribution in [0.3, 0.4) is 0 Å². The van der Waals surface area contributed by atoms with E-state index in [0.29, 0.717) is 5.88 Å². The Kier molecular flexibility index (Phi) is 2.98. The van der Waals surface area contributed by atoms with Crippen molar-refractivity contribution >= 4 is 11.6 Å². The molecule has 1 atom stereocenters. The molecule has 1 aliphatic rings. The molecule has 0 aromatic heterocycles. The summed E-state index contributed by atoms with van der Waals surface area (Å²) >= 11 is 5.55. The van der Waals surface area contributed by atoms with Gasteiger partial charge in [0.25, 0.3) is 0 Å². The summed E-state index contributed by atoms with van der Waals surface area (Å²) in [6.07, 6.45) is 2.17. The van der Waals surface area contributed by atoms with E-state index < -0.39 is 0 Å². The van der Waals surface area contributed by atoms with E-state index in [1.54, 1.807) is 0 Å². The number of halogens is 1. The van der Waals surface area contributed by atoms with Crippen molar-refractivity contribution in [3.05, 3.63) is 0 Å². The second-order valence-electron chi connectivity index (χ2n) is 2.51. The molecule has 1 aliphatic heterocycles. The van der Waals surface area contributed by atoms with E-state index in [1.807, 2.05) is 0 Å². The van der Waals surface area contributed by atoms with Crippen LogP contribution in [0, 0.1) is 11.3 Å². The number of nitriles is 1. The van der Waals surface area contributed by atoms with Gasteiger partial charge in [-0.1, -0.05) is 0 Å². The van der Waals surface area contributed by atoms with Crippen LogP contribution in [0.15, 0.2) is 0 Å². The number of likely N-dealkylation sites (tertiary alicyclic amines) is 1. The highest BCUT2D eigenvalue weighted by Gasteiger charge is 2.22. The van der Waals surface area contributed by atoms with Gasteiger partial charge in [-0.25, -0.2) is 0 Å². The standard InChI is InChI=1S/C7H11ClN2/c8-3-5-10-4-1-2-7(10)6-9/h7H,1-5H2. The summed E-state index contributed by atoms with van der Waals surface area (Å²) in [6.45, 7) is 1.91. The first-order valence-corrected chi connectivity index (χ1v) is 4.11. The Morgan fingerprint density at radius 2 is 2.50 bits per heavy atom. The van der Waals surface area contributed by atoms with E-state index >= 15 is 0 Å². The third-order valence-corrected chi connectivity index (χ3v) is 2.05. The van der Waals surface area contributed by atoms with Gasteiger partial charge in [-0.15, -0.1) is 11.6 Å². The lowest BCUT2D eigenvalue weighted by atomic mass is 10.2. The van der Waals surface area contributed by atoms with Gasteiger partial charge in [0.15, 0.2) is 0 Å². The molecule has 0 bridgehead atoms. The first-order valence-electron chi connectivity index (χ1n) is 3.58. The van der Waals surface area contributed by atoms with Crippen molar-refractivity contribution in [3.63, 3.8) is 0 Å². The maximum absolute atomic E-state index is 8.63. The summed E-state index contributed by atoms with van der Waals surface area (Å²) in [5.74, 6) is 0.637. The Morgan fingerprint density at radius 3 is 3.10 bits per heavy atom. The minimum atomic E-state index is 0.138. The minimum absolute atomic E-state index is 0.138. The van der Waals surface area contributed by atoms with Gasteiger partial charge in [0.2, 0.25) is 0 Å². The monoisotopic (exact) mass is 158 g/mol. The van der Waals surface area contributed by atoms with Crippen molar-refractivity contribution in [2.24, 2.45) is 0 Å². The van der Waals surface area contributed by atoms with Crippen LogP contribution in [0.1, 0.15) is 12.8 Å². The molecule has 0 aliphatic carbocycles. The van der Waals surface area contributed by atoms with Crippen LogP contribution in [0.5, 0.6) is 0 Å². The van der Waals surface area contributed by atoms with Gasteiger partial charge in [-0.05, 0) is 19.4 Å². The normalized spacial score (nSPS) is 26.6. The van der Waals surface area contributed by atoms with Crippen LogP contribution in [0.25, 0.3) is 0 Å². The molecule has 1 heterocycles. The molecule has 56 valence electrons. The minimum Gasteiger partial charge on any atom is -0.287 e. The lowest BCUT2D eigenvalue weighted by Gasteiger charge is -2.16. The summed E-state index contributed by atoms with van der Waals surface area (Å²) < 4.78 is 0. The molecule has 0 radical (unpaired) electrons. The molecule has 0 aromatic carbocycles. The van der Waals surface area contributed by atoms with Gasteiger partial charge in [-0.2, -0.15) is 5.26 Å². The zero-order valence-electron chi connectivity index (χ0n) is 5.89. The van der Waals surface area contributed by atoms with E-state index in [4.69, 9.17) is 16.9 Å². The molecule has 0 aromatic rings. The SMILES string of the molecule is N#CC1CCCN1CCCl. The molecule has 0 amide bonds. The summed E-state index contributed by atoms with van der Waals surface area (Å²) in [4.78, 5) is 2.15. The molecule has 1 unspecified atom stereocenters. The summed E-state index contributed by atoms with van der Waals surface area (Å²) in [7, 11) is 0. The van der Waals surface area contributed by atoms with Crippen LogP contribution in [-0.2, 0) is 0 Å². The van der Waals surface area contributed by atoms with E-state index in [-0.39, 0.29) is 6.04 Å². The third-order valence-electron chi connectivity index (χ3n) is 1.88. The maximum atomic E-state index is 8.63. The maximum Gasteiger partial charge on any atom is 0.0978 e. The van der Waals surface area contributed by atoms with Gasteiger partial charge >= 0.3 is 0 Å². The van der Waals surface area contributed by atoms with Crippen LogP contribution in [0.4, 0.5) is 0 Å². The van der Waals surface area contributed by atoms with Gasteiger partial charge in [0.05, 0.1) is 12.1 Å². The largest absolute Gasteiger partial charge is 0.287 e. The van der Waals surface area contributed by atoms with E-state index in [9.17, 15) is 0 Å². The van der Waals surface area contributed by atoms with Gasteiger partial charge in [-0.3, -0.25) is 4.90 Å². The molecule has 1 saturated heterocycles. The predicted molar refractivity (Wildman–Crippen MR) is 40.9 cm³/mol. The van der Waals surface area contributed by atoms with Crippen molar-refractivity contribution in [2.75, 3.05) is 19.0 Å². The average molecular weight is 159 g/mol. The number of alkyl halides is 1. The fourth-order valence-corrected chi connectivity index (χ4v) is 1.57. The molecule has 1 rings (SSSR count). The predicted octanol–water partition coefficient (Wildman–Crippen LogP) is 1.21. The topological polar surface area (TPSA) is 27.0 Å². The zero-order chi connectivity index (χ0) is 7.40. The smallest absolute Gasteiger partial charge is 0.0978 e. The lowest BCUT2D eigenvalue weighted by Crippen LogP contribution is -2.29. The Labute approximate surface area is 66.4 Å². The molecule has 0 saturated carbocycles. The van der Waals surface area contributed by atoms with Crippen molar-refractivity contribution in [1.82, 2.24) is 4.90 Å². The highest BCUT2D eigenvalue weighted by atomic mass is 35.5. The molecule has 10 heavy (non-hydrogen) atoms. The highest BCUT2D eigenvalue weighted by Crippen LogP contribution is 2.15. The number of hydrogen-bond acceptors (Lipinski definition) is 2. The quantitative estimate of drug-likeness (QED) is 0.565. The van der Waals surface area contributed by atoms with E-state index in [2.05, 4.69) is 11.0 Å². The van der Waals surface area contributed by atoms with E-state index in [0.717, 1.165) is 25.9 Å². The number of nitrogens with zero attached hydrogens (tertiary/aromatic N) is 2. The van der Waals surface area contributed by atoms with Crippen LogP contribution >= 0.6 is 11.6 Å². The average Bonchev–Trinajstić information content (AvgIpc) is 2.36. The van der Waals surface area contributed by atoms with Crippen LogP contribution in [0.2, 0.25) is 0 Å². The summed E-state index contributed by atoms with van der Waals surface area (Å²) in [6, 6.07) is 2.40. The third kappa shape index (κ3) is 1.62. The number of rotatable bonds is 2. The Morgan fingerprint density at radius 1 is 1.70 bits per heavy atom. The first-order chi connectivity index (χ1) is 4.88. The van der Waals surface area contributed by atoms with Crippen LogP contribution < -0.4 is 0 Å².